The van der Waals surface area contributed by atoms with Crippen molar-refractivity contribution in [1.82, 2.24) is 4.90 Å². The Labute approximate surface area is 129 Å². The monoisotopic (exact) mass is 285 g/mol. The highest BCUT2D eigenvalue weighted by atomic mass is 16.5. The van der Waals surface area contributed by atoms with Crippen molar-refractivity contribution in [1.29, 1.82) is 0 Å². The first-order valence-electron chi connectivity index (χ1n) is 7.99. The van der Waals surface area contributed by atoms with Crippen LogP contribution in [-0.4, -0.2) is 31.1 Å². The fraction of sp³-hybridized carbons (Fsp3) is 0.474. The number of nitrogens with zero attached hydrogens (tertiary/aromatic N) is 1. The molecule has 2 nitrogen and oxygen atoms in total. The first kappa shape index (κ1) is 15.8. The molecule has 0 aliphatic heterocycles. The minimum absolute atomic E-state index is 0.721. The summed E-state index contributed by atoms with van der Waals surface area (Å²) in [6.07, 6.45) is 13.2. The Morgan fingerprint density at radius 1 is 1.19 bits per heavy atom. The molecular formula is C19H27NO. The highest BCUT2D eigenvalue weighted by Crippen LogP contribution is 2.23. The molecule has 1 aromatic carbocycles. The smallest absolute Gasteiger partial charge is 0.126 e. The Kier molecular flexibility index (Phi) is 6.55. The van der Waals surface area contributed by atoms with E-state index in [0.29, 0.717) is 0 Å². The topological polar surface area (TPSA) is 12.5 Å². The molecule has 1 fully saturated rings. The normalized spacial score (nSPS) is 16.5. The molecule has 0 radical (unpaired) electrons. The molecule has 114 valence electrons. The SMILES string of the molecule is C=CCN(C/C=C/c1ccccc1OC)C1CCCCC1. The molecule has 2 rings (SSSR count). The zero-order valence-electron chi connectivity index (χ0n) is 13.1. The number of hydrogen-bond donors (Lipinski definition) is 0. The third-order valence-electron chi connectivity index (χ3n) is 4.23. The minimum Gasteiger partial charge on any atom is -0.496 e. The lowest BCUT2D eigenvalue weighted by molar-refractivity contribution is 0.189. The highest BCUT2D eigenvalue weighted by molar-refractivity contribution is 5.57. The molecule has 0 heterocycles. The van der Waals surface area contributed by atoms with Crippen LogP contribution < -0.4 is 4.74 Å². The lowest BCUT2D eigenvalue weighted by atomic mass is 9.94. The van der Waals surface area contributed by atoms with Crippen molar-refractivity contribution < 1.29 is 4.74 Å². The third-order valence-corrected chi connectivity index (χ3v) is 4.23. The molecule has 0 atom stereocenters. The summed E-state index contributed by atoms with van der Waals surface area (Å²) in [5.41, 5.74) is 1.14. The van der Waals surface area contributed by atoms with Crippen molar-refractivity contribution in [3.63, 3.8) is 0 Å². The van der Waals surface area contributed by atoms with Crippen LogP contribution in [0, 0.1) is 0 Å². The van der Waals surface area contributed by atoms with Gasteiger partial charge in [-0.25, -0.2) is 0 Å². The van der Waals surface area contributed by atoms with Gasteiger partial charge in [-0.15, -0.1) is 6.58 Å². The van der Waals surface area contributed by atoms with E-state index in [9.17, 15) is 0 Å². The Balaban J connectivity index is 1.97. The maximum absolute atomic E-state index is 5.39. The zero-order chi connectivity index (χ0) is 14.9. The van der Waals surface area contributed by atoms with Crippen LogP contribution in [0.5, 0.6) is 5.75 Å². The van der Waals surface area contributed by atoms with Crippen LogP contribution in [-0.2, 0) is 0 Å². The van der Waals surface area contributed by atoms with Gasteiger partial charge in [0.15, 0.2) is 0 Å². The minimum atomic E-state index is 0.721. The van der Waals surface area contributed by atoms with E-state index in [2.05, 4.69) is 29.7 Å². The van der Waals surface area contributed by atoms with Gasteiger partial charge in [-0.05, 0) is 18.9 Å². The van der Waals surface area contributed by atoms with Gasteiger partial charge in [-0.3, -0.25) is 4.90 Å². The second kappa shape index (κ2) is 8.68. The number of methoxy groups -OCH3 is 1. The van der Waals surface area contributed by atoms with Crippen LogP contribution in [0.1, 0.15) is 37.7 Å². The second-order valence-electron chi connectivity index (χ2n) is 5.68. The summed E-state index contributed by atoms with van der Waals surface area (Å²) in [5.74, 6) is 0.932. The van der Waals surface area contributed by atoms with E-state index >= 15 is 0 Å². The average molecular weight is 285 g/mol. The summed E-state index contributed by atoms with van der Waals surface area (Å²) < 4.78 is 5.39. The van der Waals surface area contributed by atoms with Crippen LogP contribution in [0.15, 0.2) is 43.0 Å². The van der Waals surface area contributed by atoms with Crippen molar-refractivity contribution in [2.75, 3.05) is 20.2 Å². The van der Waals surface area contributed by atoms with E-state index < -0.39 is 0 Å². The number of benzene rings is 1. The van der Waals surface area contributed by atoms with Gasteiger partial charge in [0.1, 0.15) is 5.75 Å². The molecule has 1 saturated carbocycles. The summed E-state index contributed by atoms with van der Waals surface area (Å²) in [5, 5.41) is 0. The molecular weight excluding hydrogens is 258 g/mol. The van der Waals surface area contributed by atoms with Gasteiger partial charge in [0, 0.05) is 24.7 Å². The lowest BCUT2D eigenvalue weighted by Gasteiger charge is -2.32. The molecule has 1 aliphatic carbocycles. The maximum atomic E-state index is 5.39. The third kappa shape index (κ3) is 4.75. The second-order valence-corrected chi connectivity index (χ2v) is 5.68. The van der Waals surface area contributed by atoms with E-state index in [1.807, 2.05) is 24.3 Å². The maximum Gasteiger partial charge on any atom is 0.126 e. The largest absolute Gasteiger partial charge is 0.496 e. The predicted octanol–water partition coefficient (Wildman–Crippen LogP) is 4.53. The van der Waals surface area contributed by atoms with Crippen molar-refractivity contribution in [2.45, 2.75) is 38.1 Å². The van der Waals surface area contributed by atoms with E-state index in [1.54, 1.807) is 7.11 Å². The van der Waals surface area contributed by atoms with E-state index in [0.717, 1.165) is 30.4 Å². The van der Waals surface area contributed by atoms with Gasteiger partial charge in [0.2, 0.25) is 0 Å². The first-order valence-corrected chi connectivity index (χ1v) is 7.99. The molecule has 0 bridgehead atoms. The zero-order valence-corrected chi connectivity index (χ0v) is 13.1. The molecule has 0 unspecified atom stereocenters. The van der Waals surface area contributed by atoms with Crippen LogP contribution in [0.25, 0.3) is 6.08 Å². The number of para-hydroxylation sites is 1. The van der Waals surface area contributed by atoms with Crippen molar-refractivity contribution in [3.8, 4) is 5.75 Å². The quantitative estimate of drug-likeness (QED) is 0.682. The van der Waals surface area contributed by atoms with Crippen LogP contribution in [0.2, 0.25) is 0 Å². The fourth-order valence-electron chi connectivity index (χ4n) is 3.10. The van der Waals surface area contributed by atoms with Gasteiger partial charge >= 0.3 is 0 Å². The van der Waals surface area contributed by atoms with E-state index in [-0.39, 0.29) is 0 Å². The van der Waals surface area contributed by atoms with E-state index in [4.69, 9.17) is 4.74 Å². The summed E-state index contributed by atoms with van der Waals surface area (Å²) in [4.78, 5) is 2.54. The molecule has 21 heavy (non-hydrogen) atoms. The molecule has 2 heteroatoms. The fourth-order valence-corrected chi connectivity index (χ4v) is 3.10. The molecule has 0 saturated heterocycles. The Morgan fingerprint density at radius 3 is 2.67 bits per heavy atom. The van der Waals surface area contributed by atoms with Crippen molar-refractivity contribution in [3.05, 3.63) is 48.6 Å². The van der Waals surface area contributed by atoms with Crippen LogP contribution in [0.4, 0.5) is 0 Å². The standard InChI is InChI=1S/C19H27NO/c1-3-15-20(18-12-5-4-6-13-18)16-9-11-17-10-7-8-14-19(17)21-2/h3,7-11,14,18H,1,4-6,12-13,15-16H2,2H3/b11-9+. The van der Waals surface area contributed by atoms with Crippen molar-refractivity contribution in [2.24, 2.45) is 0 Å². The average Bonchev–Trinajstić information content (AvgIpc) is 2.55. The summed E-state index contributed by atoms with van der Waals surface area (Å²) in [6, 6.07) is 8.86. The number of hydrogen-bond acceptors (Lipinski definition) is 2. The Hall–Kier alpha value is -1.54. The number of ether oxygens (including phenoxy) is 1. The number of rotatable bonds is 7. The van der Waals surface area contributed by atoms with Gasteiger partial charge in [-0.1, -0.05) is 55.7 Å². The summed E-state index contributed by atoms with van der Waals surface area (Å²) in [6.45, 7) is 5.86. The molecule has 0 N–H and O–H groups in total. The predicted molar refractivity (Wildman–Crippen MR) is 90.7 cm³/mol. The molecule has 1 aromatic rings. The van der Waals surface area contributed by atoms with E-state index in [1.165, 1.54) is 32.1 Å². The Morgan fingerprint density at radius 2 is 1.95 bits per heavy atom. The molecule has 0 amide bonds. The summed E-state index contributed by atoms with van der Waals surface area (Å²) in [7, 11) is 1.72. The highest BCUT2D eigenvalue weighted by Gasteiger charge is 2.18. The van der Waals surface area contributed by atoms with Gasteiger partial charge in [-0.2, -0.15) is 0 Å². The Bertz CT molecular complexity index is 460. The molecule has 1 aliphatic rings. The van der Waals surface area contributed by atoms with Crippen molar-refractivity contribution >= 4 is 6.08 Å². The van der Waals surface area contributed by atoms with Gasteiger partial charge < -0.3 is 4.74 Å². The van der Waals surface area contributed by atoms with Gasteiger partial charge in [0.25, 0.3) is 0 Å². The van der Waals surface area contributed by atoms with Crippen LogP contribution >= 0.6 is 0 Å². The first-order chi connectivity index (χ1) is 10.3. The lowest BCUT2D eigenvalue weighted by Crippen LogP contribution is -2.37. The summed E-state index contributed by atoms with van der Waals surface area (Å²) >= 11 is 0. The molecule has 0 spiro atoms. The molecule has 0 aromatic heterocycles. The van der Waals surface area contributed by atoms with Crippen LogP contribution in [0.3, 0.4) is 0 Å². The van der Waals surface area contributed by atoms with Gasteiger partial charge in [0.05, 0.1) is 7.11 Å².